The fourth-order valence-corrected chi connectivity index (χ4v) is 8.88. The third-order valence-electron chi connectivity index (χ3n) is 5.12. The van der Waals surface area contributed by atoms with Gasteiger partial charge in [-0.3, -0.25) is 0 Å². The first-order valence-electron chi connectivity index (χ1n) is 10.5. The van der Waals surface area contributed by atoms with Gasteiger partial charge in [0, 0.05) is 0 Å². The van der Waals surface area contributed by atoms with E-state index in [4.69, 9.17) is 19.4 Å². The van der Waals surface area contributed by atoms with Crippen LogP contribution in [-0.4, -0.2) is 57.3 Å². The Morgan fingerprint density at radius 3 is 2.55 bits per heavy atom. The number of benzene rings is 1. The maximum absolute atomic E-state index is 12.7. The fraction of sp³-hybridized carbons (Fsp3) is 0.435. The molecule has 0 aliphatic carbocycles. The number of fused-ring (bicyclic) bond motifs is 1. The van der Waals surface area contributed by atoms with E-state index < -0.39 is 21.1 Å². The van der Waals surface area contributed by atoms with Crippen molar-refractivity contribution in [3.05, 3.63) is 41.5 Å². The van der Waals surface area contributed by atoms with Gasteiger partial charge in [-0.05, 0) is 0 Å². The van der Waals surface area contributed by atoms with Crippen molar-refractivity contribution in [1.82, 2.24) is 9.97 Å². The Morgan fingerprint density at radius 2 is 1.90 bits per heavy atom. The molecule has 6 nitrogen and oxygen atoms in total. The molecule has 0 spiro atoms. The van der Waals surface area contributed by atoms with E-state index in [2.05, 4.69) is 26.1 Å². The van der Waals surface area contributed by atoms with Crippen molar-refractivity contribution in [2.45, 2.75) is 43.0 Å². The summed E-state index contributed by atoms with van der Waals surface area (Å²) in [6.07, 6.45) is 1.98. The second-order valence-electron chi connectivity index (χ2n) is 8.66. The number of methoxy groups -OCH3 is 1. The molecule has 4 rings (SSSR count). The molecule has 0 bridgehead atoms. The van der Waals surface area contributed by atoms with Gasteiger partial charge < -0.3 is 0 Å². The van der Waals surface area contributed by atoms with Crippen molar-refractivity contribution in [2.24, 2.45) is 0 Å². The molecular weight excluding hydrogens is 517 g/mol. The molecule has 1 N–H and O–H groups in total. The van der Waals surface area contributed by atoms with Gasteiger partial charge in [0.15, 0.2) is 0 Å². The van der Waals surface area contributed by atoms with Gasteiger partial charge in [0.05, 0.1) is 0 Å². The van der Waals surface area contributed by atoms with E-state index in [1.54, 1.807) is 19.2 Å². The van der Waals surface area contributed by atoms with Gasteiger partial charge in [0.25, 0.3) is 0 Å². The van der Waals surface area contributed by atoms with Crippen LogP contribution in [0.25, 0.3) is 10.2 Å². The molecule has 1 saturated heterocycles. The summed E-state index contributed by atoms with van der Waals surface area (Å²) in [5.74, 6) is 0.805. The number of anilines is 1. The first kappa shape index (κ1) is 22.5. The van der Waals surface area contributed by atoms with Crippen LogP contribution in [0.3, 0.4) is 0 Å². The van der Waals surface area contributed by atoms with Crippen LogP contribution in [0, 0.1) is 0 Å². The maximum atomic E-state index is 12.7. The van der Waals surface area contributed by atoms with Crippen molar-refractivity contribution in [1.29, 1.82) is 0 Å². The second-order valence-corrected chi connectivity index (χ2v) is 16.0. The summed E-state index contributed by atoms with van der Waals surface area (Å²) in [4.78, 5) is 22.4. The Morgan fingerprint density at radius 1 is 1.19 bits per heavy atom. The fourth-order valence-electron chi connectivity index (χ4n) is 3.74. The average Bonchev–Trinajstić information content (AvgIpc) is 3.16. The number of nitrogens with zero attached hydrogens (tertiary/aromatic N) is 2. The molecule has 1 aliphatic heterocycles. The van der Waals surface area contributed by atoms with Crippen LogP contribution < -0.4 is 13.8 Å². The van der Waals surface area contributed by atoms with Crippen molar-refractivity contribution < 1.29 is 14.3 Å². The van der Waals surface area contributed by atoms with Crippen molar-refractivity contribution in [3.63, 3.8) is 0 Å². The number of thiazole rings is 1. The number of carbonyl (C=O) groups is 1. The minimum atomic E-state index is -0.998. The molecule has 1 amide bonds. The molecule has 3 heterocycles. The van der Waals surface area contributed by atoms with Gasteiger partial charge >= 0.3 is 198 Å². The number of amides is 1. The molecule has 0 saturated carbocycles. The summed E-state index contributed by atoms with van der Waals surface area (Å²) in [5, 5.41) is 3.55. The molecule has 3 aromatic rings. The van der Waals surface area contributed by atoms with E-state index in [1.807, 2.05) is 18.2 Å². The number of ether oxygens (including phenoxy) is 2. The van der Waals surface area contributed by atoms with Gasteiger partial charge in [0.1, 0.15) is 0 Å². The Balaban J connectivity index is 1.80. The van der Waals surface area contributed by atoms with Crippen molar-refractivity contribution >= 4 is 57.4 Å². The number of pyridine rings is 1. The zero-order chi connectivity index (χ0) is 22.0. The molecular formula is C23H27N3O3SSn. The van der Waals surface area contributed by atoms with Gasteiger partial charge in [-0.15, -0.1) is 0 Å². The van der Waals surface area contributed by atoms with Gasteiger partial charge in [-0.25, -0.2) is 0 Å². The molecule has 8 heteroatoms. The topological polar surface area (TPSA) is 73.3 Å². The molecule has 1 aromatic carbocycles. The predicted molar refractivity (Wildman–Crippen MR) is 126 cm³/mol. The summed E-state index contributed by atoms with van der Waals surface area (Å²) >= 11 is 0.536. The molecule has 1 aliphatic rings. The summed E-state index contributed by atoms with van der Waals surface area (Å²) in [6, 6.07) is 9.20. The summed E-state index contributed by atoms with van der Waals surface area (Å²) in [6.45, 7) is 8.43. The number of rotatable bonds is 5. The number of hydrogen-bond acceptors (Lipinski definition) is 6. The van der Waals surface area contributed by atoms with Crippen LogP contribution in [0.15, 0.2) is 30.3 Å². The zero-order valence-electron chi connectivity index (χ0n) is 18.3. The van der Waals surface area contributed by atoms with Crippen LogP contribution in [0.2, 0.25) is 3.43 Å². The van der Waals surface area contributed by atoms with E-state index >= 15 is 0 Å². The Kier molecular flexibility index (Phi) is 6.83. The van der Waals surface area contributed by atoms with E-state index in [-0.39, 0.29) is 9.34 Å². The van der Waals surface area contributed by atoms with Crippen molar-refractivity contribution in [3.8, 4) is 5.88 Å². The molecule has 162 valence electrons. The standard InChI is InChI=1S/C19H18N3O3S.C4H9.Sn/c1-24-18-15-16(14(11-20-18)12-7-9-25-10-8-12)26-19(21-15)22-17(23)13-5-3-2-4-6-13;1-4(2)3;/h2-6,12H,7-10H2,1H3,(H,21,22,23);1-3H3;. The summed E-state index contributed by atoms with van der Waals surface area (Å²) < 4.78 is 13.9. The monoisotopic (exact) mass is 545 g/mol. The Bertz CT molecular complexity index is 1070. The molecule has 0 atom stereocenters. The number of nitrogens with one attached hydrogen (secondary N) is 1. The van der Waals surface area contributed by atoms with E-state index in [9.17, 15) is 4.79 Å². The Hall–Kier alpha value is -1.71. The van der Waals surface area contributed by atoms with Crippen LogP contribution >= 0.6 is 11.3 Å². The first-order valence-corrected chi connectivity index (χ1v) is 14.1. The molecule has 2 aromatic heterocycles. The molecule has 31 heavy (non-hydrogen) atoms. The van der Waals surface area contributed by atoms with E-state index in [0.29, 0.717) is 22.5 Å². The number of hydrogen-bond donors (Lipinski definition) is 1. The molecule has 0 unspecified atom stereocenters. The number of aromatic nitrogens is 2. The van der Waals surface area contributed by atoms with Crippen LogP contribution in [0.1, 0.15) is 55.5 Å². The normalized spacial score (nSPS) is 15.2. The second kappa shape index (κ2) is 9.42. The van der Waals surface area contributed by atoms with Gasteiger partial charge in [-0.1, -0.05) is 0 Å². The van der Waals surface area contributed by atoms with E-state index in [0.717, 1.165) is 36.3 Å². The van der Waals surface area contributed by atoms with Crippen LogP contribution in [0.4, 0.5) is 5.13 Å². The first-order chi connectivity index (χ1) is 14.9. The van der Waals surface area contributed by atoms with Gasteiger partial charge in [-0.2, -0.15) is 0 Å². The SMILES string of the molecule is COc1n[c]([Sn][C](C)(C)C)c(C2CCOCC2)c2sc(NC(=O)c3ccccc3)nc12. The third-order valence-corrected chi connectivity index (χ3v) is 10.0. The predicted octanol–water partition coefficient (Wildman–Crippen LogP) is 4.39. The van der Waals surface area contributed by atoms with E-state index in [1.165, 1.54) is 20.6 Å². The quantitative estimate of drug-likeness (QED) is 0.483. The number of carbonyl (C=O) groups excluding carboxylic acids is 1. The van der Waals surface area contributed by atoms with Crippen LogP contribution in [-0.2, 0) is 4.74 Å². The molecule has 2 radical (unpaired) electrons. The van der Waals surface area contributed by atoms with Crippen molar-refractivity contribution in [2.75, 3.05) is 25.6 Å². The third kappa shape index (κ3) is 5.20. The van der Waals surface area contributed by atoms with Gasteiger partial charge in [0.2, 0.25) is 0 Å². The summed E-state index contributed by atoms with van der Waals surface area (Å²) in [7, 11) is 1.64. The molecule has 1 fully saturated rings. The Labute approximate surface area is 197 Å². The minimum absolute atomic E-state index is 0.161. The zero-order valence-corrected chi connectivity index (χ0v) is 22.0. The average molecular weight is 544 g/mol. The summed E-state index contributed by atoms with van der Waals surface area (Å²) in [5.41, 5.74) is 2.67. The van der Waals surface area contributed by atoms with Crippen LogP contribution in [0.5, 0.6) is 5.88 Å².